The van der Waals surface area contributed by atoms with Gasteiger partial charge in [0, 0.05) is 6.42 Å². The molecule has 110 valence electrons. The summed E-state index contributed by atoms with van der Waals surface area (Å²) in [5, 5.41) is 0. The second kappa shape index (κ2) is 7.71. The SMILES string of the molecule is CC[C@H](CC#C[Si](C)(C)C)OCC(=O)OC(C)(C)C. The Bertz CT molecular complexity index is 339. The van der Waals surface area contributed by atoms with Crippen molar-refractivity contribution in [3.05, 3.63) is 0 Å². The first-order chi connectivity index (χ1) is 8.53. The molecule has 0 heterocycles. The Hall–Kier alpha value is -0.793. The van der Waals surface area contributed by atoms with Gasteiger partial charge in [0.15, 0.2) is 0 Å². The van der Waals surface area contributed by atoms with Crippen molar-refractivity contribution in [2.75, 3.05) is 6.61 Å². The lowest BCUT2D eigenvalue weighted by atomic mass is 10.2. The van der Waals surface area contributed by atoms with Crippen molar-refractivity contribution in [3.8, 4) is 11.5 Å². The van der Waals surface area contributed by atoms with Gasteiger partial charge in [0.05, 0.1) is 6.10 Å². The third kappa shape index (κ3) is 12.0. The Morgan fingerprint density at radius 3 is 2.26 bits per heavy atom. The minimum Gasteiger partial charge on any atom is -0.458 e. The van der Waals surface area contributed by atoms with E-state index >= 15 is 0 Å². The van der Waals surface area contributed by atoms with E-state index in [-0.39, 0.29) is 18.7 Å². The zero-order chi connectivity index (χ0) is 15.1. The molecule has 19 heavy (non-hydrogen) atoms. The normalized spacial score (nSPS) is 13.4. The number of esters is 1. The highest BCUT2D eigenvalue weighted by atomic mass is 28.3. The summed E-state index contributed by atoms with van der Waals surface area (Å²) in [5.74, 6) is 2.87. The highest BCUT2D eigenvalue weighted by Gasteiger charge is 2.17. The average molecular weight is 284 g/mol. The molecule has 0 aliphatic heterocycles. The fourth-order valence-electron chi connectivity index (χ4n) is 1.31. The number of rotatable bonds is 5. The third-order valence-electron chi connectivity index (χ3n) is 2.11. The van der Waals surface area contributed by atoms with Crippen LogP contribution >= 0.6 is 0 Å². The van der Waals surface area contributed by atoms with Gasteiger partial charge in [0.25, 0.3) is 0 Å². The molecule has 0 rings (SSSR count). The van der Waals surface area contributed by atoms with Crippen LogP contribution in [0.2, 0.25) is 19.6 Å². The van der Waals surface area contributed by atoms with Crippen molar-refractivity contribution in [1.82, 2.24) is 0 Å². The molecule has 0 N–H and O–H groups in total. The van der Waals surface area contributed by atoms with Crippen LogP contribution in [0, 0.1) is 11.5 Å². The van der Waals surface area contributed by atoms with Crippen LogP contribution in [0.15, 0.2) is 0 Å². The van der Waals surface area contributed by atoms with Gasteiger partial charge in [0.2, 0.25) is 0 Å². The highest BCUT2D eigenvalue weighted by Crippen LogP contribution is 2.09. The van der Waals surface area contributed by atoms with Gasteiger partial charge in [-0.2, -0.15) is 0 Å². The largest absolute Gasteiger partial charge is 0.458 e. The first-order valence-corrected chi connectivity index (χ1v) is 10.4. The second-order valence-corrected chi connectivity index (χ2v) is 11.4. The number of hydrogen-bond donors (Lipinski definition) is 0. The molecular weight excluding hydrogens is 256 g/mol. The van der Waals surface area contributed by atoms with Crippen LogP contribution in [0.25, 0.3) is 0 Å². The lowest BCUT2D eigenvalue weighted by molar-refractivity contribution is -0.162. The van der Waals surface area contributed by atoms with Crippen molar-refractivity contribution in [1.29, 1.82) is 0 Å². The van der Waals surface area contributed by atoms with Gasteiger partial charge in [-0.05, 0) is 27.2 Å². The standard InChI is InChI=1S/C15H28O3Si/c1-8-13(10-9-11-19(5,6)7)17-12-14(16)18-15(2,3)4/h13H,8,10,12H2,1-7H3/t13-/m1/s1. The van der Waals surface area contributed by atoms with E-state index in [1.165, 1.54) is 0 Å². The predicted octanol–water partition coefficient (Wildman–Crippen LogP) is 3.39. The summed E-state index contributed by atoms with van der Waals surface area (Å²) in [5.41, 5.74) is 2.85. The molecule has 0 saturated carbocycles. The zero-order valence-corrected chi connectivity index (χ0v) is 14.4. The van der Waals surface area contributed by atoms with Crippen LogP contribution in [-0.4, -0.2) is 32.4 Å². The fourth-order valence-corrected chi connectivity index (χ4v) is 1.94. The van der Waals surface area contributed by atoms with E-state index < -0.39 is 13.7 Å². The maximum atomic E-state index is 11.5. The van der Waals surface area contributed by atoms with Crippen LogP contribution in [0.4, 0.5) is 0 Å². The number of carbonyl (C=O) groups excluding carboxylic acids is 1. The summed E-state index contributed by atoms with van der Waals surface area (Å²) in [6, 6.07) is 0. The minimum absolute atomic E-state index is 0.00437. The van der Waals surface area contributed by atoms with Crippen molar-refractivity contribution < 1.29 is 14.3 Å². The van der Waals surface area contributed by atoms with Gasteiger partial charge in [-0.15, -0.1) is 11.5 Å². The molecule has 0 bridgehead atoms. The summed E-state index contributed by atoms with van der Waals surface area (Å²) in [6.45, 7) is 14.2. The Labute approximate surface area is 119 Å². The van der Waals surface area contributed by atoms with E-state index in [4.69, 9.17) is 9.47 Å². The summed E-state index contributed by atoms with van der Waals surface area (Å²) in [4.78, 5) is 11.5. The van der Waals surface area contributed by atoms with Gasteiger partial charge in [-0.1, -0.05) is 26.6 Å². The van der Waals surface area contributed by atoms with E-state index in [9.17, 15) is 4.79 Å². The second-order valence-electron chi connectivity index (χ2n) is 6.68. The zero-order valence-electron chi connectivity index (χ0n) is 13.4. The van der Waals surface area contributed by atoms with Crippen LogP contribution in [0.1, 0.15) is 40.5 Å². The van der Waals surface area contributed by atoms with Crippen LogP contribution in [0.5, 0.6) is 0 Å². The fraction of sp³-hybridized carbons (Fsp3) is 0.800. The van der Waals surface area contributed by atoms with Gasteiger partial charge in [-0.3, -0.25) is 0 Å². The maximum Gasteiger partial charge on any atom is 0.332 e. The average Bonchev–Trinajstić information content (AvgIpc) is 2.18. The Balaban J connectivity index is 4.13. The van der Waals surface area contributed by atoms with Gasteiger partial charge >= 0.3 is 5.97 Å². The lowest BCUT2D eigenvalue weighted by Crippen LogP contribution is -2.28. The molecule has 0 fully saturated rings. The van der Waals surface area contributed by atoms with Gasteiger partial charge in [-0.25, -0.2) is 4.79 Å². The van der Waals surface area contributed by atoms with Crippen molar-refractivity contribution >= 4 is 14.0 Å². The molecule has 0 aliphatic rings. The minimum atomic E-state index is -1.32. The summed E-state index contributed by atoms with van der Waals surface area (Å²) >= 11 is 0. The molecule has 0 aromatic heterocycles. The van der Waals surface area contributed by atoms with Crippen molar-refractivity contribution in [2.45, 2.75) is 71.9 Å². The number of hydrogen-bond acceptors (Lipinski definition) is 3. The summed E-state index contributed by atoms with van der Waals surface area (Å²) < 4.78 is 10.8. The Kier molecular flexibility index (Phi) is 7.39. The quantitative estimate of drug-likeness (QED) is 0.441. The van der Waals surface area contributed by atoms with E-state index in [1.54, 1.807) is 0 Å². The van der Waals surface area contributed by atoms with E-state index in [1.807, 2.05) is 27.7 Å². The van der Waals surface area contributed by atoms with Crippen molar-refractivity contribution in [2.24, 2.45) is 0 Å². The Morgan fingerprint density at radius 2 is 1.84 bits per heavy atom. The molecule has 1 atom stereocenters. The third-order valence-corrected chi connectivity index (χ3v) is 3.03. The molecule has 0 radical (unpaired) electrons. The molecule has 0 aromatic rings. The molecule has 0 saturated heterocycles. The van der Waals surface area contributed by atoms with Crippen molar-refractivity contribution in [3.63, 3.8) is 0 Å². The molecular formula is C15H28O3Si. The smallest absolute Gasteiger partial charge is 0.332 e. The molecule has 0 aliphatic carbocycles. The predicted molar refractivity (Wildman–Crippen MR) is 81.6 cm³/mol. The summed E-state index contributed by atoms with van der Waals surface area (Å²) in [6.07, 6.45) is 1.54. The molecule has 0 unspecified atom stereocenters. The molecule has 3 nitrogen and oxygen atoms in total. The number of ether oxygens (including phenoxy) is 2. The monoisotopic (exact) mass is 284 g/mol. The molecule has 0 aromatic carbocycles. The number of carbonyl (C=O) groups is 1. The lowest BCUT2D eigenvalue weighted by Gasteiger charge is -2.20. The topological polar surface area (TPSA) is 35.5 Å². The van der Waals surface area contributed by atoms with Crippen LogP contribution in [-0.2, 0) is 14.3 Å². The van der Waals surface area contributed by atoms with E-state index in [2.05, 4.69) is 31.1 Å². The van der Waals surface area contributed by atoms with Crippen LogP contribution < -0.4 is 0 Å². The molecule has 4 heteroatoms. The van der Waals surface area contributed by atoms with E-state index in [0.29, 0.717) is 6.42 Å². The maximum absolute atomic E-state index is 11.5. The molecule has 0 amide bonds. The Morgan fingerprint density at radius 1 is 1.26 bits per heavy atom. The van der Waals surface area contributed by atoms with Crippen LogP contribution in [0.3, 0.4) is 0 Å². The van der Waals surface area contributed by atoms with Gasteiger partial charge in [0.1, 0.15) is 20.3 Å². The van der Waals surface area contributed by atoms with Gasteiger partial charge < -0.3 is 9.47 Å². The first-order valence-electron chi connectivity index (χ1n) is 6.87. The molecule has 0 spiro atoms. The summed E-state index contributed by atoms with van der Waals surface area (Å²) in [7, 11) is -1.32. The first kappa shape index (κ1) is 18.2. The highest BCUT2D eigenvalue weighted by molar-refractivity contribution is 6.83. The van der Waals surface area contributed by atoms with E-state index in [0.717, 1.165) is 6.42 Å².